The van der Waals surface area contributed by atoms with Gasteiger partial charge in [-0.05, 0) is 57.7 Å². The smallest absolute Gasteiger partial charge is 0.317 e. The van der Waals surface area contributed by atoms with E-state index in [1.165, 1.54) is 51.6 Å². The molecule has 0 bridgehead atoms. The topological polar surface area (TPSA) is 35.6 Å². The average Bonchev–Trinajstić information content (AvgIpc) is 2.74. The summed E-state index contributed by atoms with van der Waals surface area (Å²) in [4.78, 5) is 16.6. The van der Waals surface area contributed by atoms with Crippen LogP contribution in [0, 0.1) is 5.92 Å². The van der Waals surface area contributed by atoms with Gasteiger partial charge in [0, 0.05) is 19.6 Å². The molecule has 0 aromatic rings. The molecule has 0 unspecified atom stereocenters. The molecule has 2 rings (SSSR count). The number of urea groups is 1. The predicted molar refractivity (Wildman–Crippen MR) is 82.9 cm³/mol. The van der Waals surface area contributed by atoms with E-state index >= 15 is 0 Å². The van der Waals surface area contributed by atoms with E-state index in [0.29, 0.717) is 0 Å². The maximum absolute atomic E-state index is 12.0. The molecule has 0 aromatic heterocycles. The van der Waals surface area contributed by atoms with Crippen LogP contribution in [0.5, 0.6) is 0 Å². The van der Waals surface area contributed by atoms with E-state index in [-0.39, 0.29) is 6.03 Å². The molecule has 2 fully saturated rings. The SMILES string of the molecule is CC1CCN(CCCNC(=O)N2CCCCCC2)CC1. The van der Waals surface area contributed by atoms with Crippen LogP contribution >= 0.6 is 0 Å². The zero-order chi connectivity index (χ0) is 14.2. The number of carbonyl (C=O) groups is 1. The highest BCUT2D eigenvalue weighted by atomic mass is 16.2. The molecule has 0 atom stereocenters. The van der Waals surface area contributed by atoms with Crippen LogP contribution in [0.15, 0.2) is 0 Å². The van der Waals surface area contributed by atoms with Crippen LogP contribution in [0.2, 0.25) is 0 Å². The number of carbonyl (C=O) groups excluding carboxylic acids is 1. The van der Waals surface area contributed by atoms with E-state index in [1.54, 1.807) is 0 Å². The van der Waals surface area contributed by atoms with Crippen LogP contribution in [0.25, 0.3) is 0 Å². The summed E-state index contributed by atoms with van der Waals surface area (Å²) in [6, 6.07) is 0.152. The van der Waals surface area contributed by atoms with Gasteiger partial charge in [0.05, 0.1) is 0 Å². The number of piperidine rings is 1. The highest BCUT2D eigenvalue weighted by molar-refractivity contribution is 5.74. The van der Waals surface area contributed by atoms with Crippen LogP contribution in [0.4, 0.5) is 4.79 Å². The van der Waals surface area contributed by atoms with E-state index in [4.69, 9.17) is 0 Å². The molecular weight excluding hydrogens is 250 g/mol. The number of likely N-dealkylation sites (tertiary alicyclic amines) is 2. The fourth-order valence-electron chi connectivity index (χ4n) is 3.17. The van der Waals surface area contributed by atoms with Crippen molar-refractivity contribution >= 4 is 6.03 Å². The Labute approximate surface area is 123 Å². The Bertz CT molecular complexity index is 279. The molecule has 1 N–H and O–H groups in total. The molecule has 0 saturated carbocycles. The van der Waals surface area contributed by atoms with Crippen molar-refractivity contribution in [2.45, 2.75) is 51.9 Å². The lowest BCUT2D eigenvalue weighted by Gasteiger charge is -2.30. The lowest BCUT2D eigenvalue weighted by atomic mass is 9.99. The zero-order valence-corrected chi connectivity index (χ0v) is 13.1. The van der Waals surface area contributed by atoms with Gasteiger partial charge < -0.3 is 15.1 Å². The van der Waals surface area contributed by atoms with Crippen LogP contribution in [0.1, 0.15) is 51.9 Å². The minimum Gasteiger partial charge on any atom is -0.338 e. The summed E-state index contributed by atoms with van der Waals surface area (Å²) in [6.07, 6.45) is 8.63. The van der Waals surface area contributed by atoms with Crippen molar-refractivity contribution in [3.8, 4) is 0 Å². The van der Waals surface area contributed by atoms with Gasteiger partial charge in [-0.1, -0.05) is 19.8 Å². The van der Waals surface area contributed by atoms with Gasteiger partial charge >= 0.3 is 6.03 Å². The van der Waals surface area contributed by atoms with Gasteiger partial charge in [-0.25, -0.2) is 4.79 Å². The quantitative estimate of drug-likeness (QED) is 0.804. The second-order valence-corrected chi connectivity index (χ2v) is 6.51. The first-order valence-corrected chi connectivity index (χ1v) is 8.51. The van der Waals surface area contributed by atoms with Crippen molar-refractivity contribution in [3.05, 3.63) is 0 Å². The minimum absolute atomic E-state index is 0.152. The highest BCUT2D eigenvalue weighted by Gasteiger charge is 2.16. The molecule has 20 heavy (non-hydrogen) atoms. The van der Waals surface area contributed by atoms with Crippen molar-refractivity contribution in [2.24, 2.45) is 5.92 Å². The summed E-state index contributed by atoms with van der Waals surface area (Å²) in [5.41, 5.74) is 0. The van der Waals surface area contributed by atoms with E-state index in [0.717, 1.165) is 38.5 Å². The molecule has 0 aliphatic carbocycles. The standard InChI is InChI=1S/C16H31N3O/c1-15-7-13-18(14-8-15)10-6-9-17-16(20)19-11-4-2-3-5-12-19/h15H,2-14H2,1H3,(H,17,20). The lowest BCUT2D eigenvalue weighted by molar-refractivity contribution is 0.185. The van der Waals surface area contributed by atoms with Crippen molar-refractivity contribution in [1.82, 2.24) is 15.1 Å². The van der Waals surface area contributed by atoms with Gasteiger partial charge in [0.25, 0.3) is 0 Å². The number of hydrogen-bond donors (Lipinski definition) is 1. The van der Waals surface area contributed by atoms with Crippen molar-refractivity contribution < 1.29 is 4.79 Å². The Morgan fingerprint density at radius 1 is 1.05 bits per heavy atom. The highest BCUT2D eigenvalue weighted by Crippen LogP contribution is 2.15. The van der Waals surface area contributed by atoms with Crippen molar-refractivity contribution in [3.63, 3.8) is 0 Å². The third kappa shape index (κ3) is 5.31. The fourth-order valence-corrected chi connectivity index (χ4v) is 3.17. The number of nitrogens with one attached hydrogen (secondary N) is 1. The molecule has 2 aliphatic heterocycles. The minimum atomic E-state index is 0.152. The maximum Gasteiger partial charge on any atom is 0.317 e. The first-order chi connectivity index (χ1) is 9.75. The first kappa shape index (κ1) is 15.6. The maximum atomic E-state index is 12.0. The molecule has 0 aromatic carbocycles. The normalized spacial score (nSPS) is 22.6. The molecule has 0 radical (unpaired) electrons. The van der Waals surface area contributed by atoms with E-state index in [9.17, 15) is 4.79 Å². The third-order valence-electron chi connectivity index (χ3n) is 4.70. The van der Waals surface area contributed by atoms with E-state index < -0.39 is 0 Å². The molecule has 4 nitrogen and oxygen atoms in total. The molecule has 4 heteroatoms. The Hall–Kier alpha value is -0.770. The van der Waals surface area contributed by atoms with Crippen LogP contribution < -0.4 is 5.32 Å². The first-order valence-electron chi connectivity index (χ1n) is 8.51. The number of amides is 2. The average molecular weight is 281 g/mol. The summed E-state index contributed by atoms with van der Waals surface area (Å²) in [7, 11) is 0. The van der Waals surface area contributed by atoms with E-state index in [2.05, 4.69) is 17.1 Å². The van der Waals surface area contributed by atoms with Crippen LogP contribution in [0.3, 0.4) is 0 Å². The summed E-state index contributed by atoms with van der Waals surface area (Å²) in [6.45, 7) is 8.65. The second-order valence-electron chi connectivity index (χ2n) is 6.51. The van der Waals surface area contributed by atoms with Crippen LogP contribution in [-0.2, 0) is 0 Å². The molecule has 2 heterocycles. The number of hydrogen-bond acceptors (Lipinski definition) is 2. The molecule has 2 aliphatic rings. The largest absolute Gasteiger partial charge is 0.338 e. The lowest BCUT2D eigenvalue weighted by Crippen LogP contribution is -2.41. The second kappa shape index (κ2) is 8.50. The van der Waals surface area contributed by atoms with E-state index in [1.807, 2.05) is 4.90 Å². The van der Waals surface area contributed by atoms with Crippen molar-refractivity contribution in [1.29, 1.82) is 0 Å². The molecular formula is C16H31N3O. The molecule has 2 saturated heterocycles. The Morgan fingerprint density at radius 2 is 1.70 bits per heavy atom. The predicted octanol–water partition coefficient (Wildman–Crippen LogP) is 2.69. The van der Waals surface area contributed by atoms with Gasteiger partial charge in [-0.15, -0.1) is 0 Å². The number of nitrogens with zero attached hydrogens (tertiary/aromatic N) is 2. The summed E-state index contributed by atoms with van der Waals surface area (Å²) >= 11 is 0. The molecule has 2 amide bonds. The van der Waals surface area contributed by atoms with Gasteiger partial charge in [-0.3, -0.25) is 0 Å². The summed E-state index contributed by atoms with van der Waals surface area (Å²) < 4.78 is 0. The zero-order valence-electron chi connectivity index (χ0n) is 13.1. The summed E-state index contributed by atoms with van der Waals surface area (Å²) in [5, 5.41) is 3.09. The van der Waals surface area contributed by atoms with Gasteiger partial charge in [-0.2, -0.15) is 0 Å². The Balaban J connectivity index is 1.54. The summed E-state index contributed by atoms with van der Waals surface area (Å²) in [5.74, 6) is 0.897. The van der Waals surface area contributed by atoms with Gasteiger partial charge in [0.1, 0.15) is 0 Å². The molecule has 0 spiro atoms. The number of rotatable bonds is 4. The third-order valence-corrected chi connectivity index (χ3v) is 4.70. The Morgan fingerprint density at radius 3 is 2.35 bits per heavy atom. The fraction of sp³-hybridized carbons (Fsp3) is 0.938. The van der Waals surface area contributed by atoms with Gasteiger partial charge in [0.15, 0.2) is 0 Å². The van der Waals surface area contributed by atoms with Crippen LogP contribution in [-0.4, -0.2) is 55.1 Å². The molecule has 116 valence electrons. The Kier molecular flexibility index (Phi) is 6.64. The monoisotopic (exact) mass is 281 g/mol. The van der Waals surface area contributed by atoms with Crippen molar-refractivity contribution in [2.75, 3.05) is 39.3 Å². The van der Waals surface area contributed by atoms with Gasteiger partial charge in [0.2, 0.25) is 0 Å².